The molecule has 5 nitrogen and oxygen atoms in total. The highest BCUT2D eigenvalue weighted by atomic mass is 35.5. The van der Waals surface area contributed by atoms with Crippen LogP contribution < -0.4 is 5.32 Å². The van der Waals surface area contributed by atoms with Crippen molar-refractivity contribution in [3.05, 3.63) is 45.8 Å². The van der Waals surface area contributed by atoms with Gasteiger partial charge in [-0.05, 0) is 86.8 Å². The molecule has 2 N–H and O–H groups in total. The summed E-state index contributed by atoms with van der Waals surface area (Å²) in [6.07, 6.45) is 7.53. The van der Waals surface area contributed by atoms with E-state index in [1.54, 1.807) is 0 Å². The maximum Gasteiger partial charge on any atom is 0.225 e. The van der Waals surface area contributed by atoms with Gasteiger partial charge in [0.1, 0.15) is 5.76 Å². The number of amides is 1. The summed E-state index contributed by atoms with van der Waals surface area (Å²) in [6.45, 7) is 9.00. The van der Waals surface area contributed by atoms with E-state index in [0.717, 1.165) is 35.8 Å². The van der Waals surface area contributed by atoms with E-state index in [0.29, 0.717) is 47.2 Å². The zero-order valence-electron chi connectivity index (χ0n) is 21.0. The van der Waals surface area contributed by atoms with Crippen molar-refractivity contribution in [2.45, 2.75) is 96.8 Å². The first kappa shape index (κ1) is 25.2. The van der Waals surface area contributed by atoms with Crippen molar-refractivity contribution in [3.63, 3.8) is 0 Å². The Morgan fingerprint density at radius 2 is 2.00 bits per heavy atom. The molecule has 1 heterocycles. The van der Waals surface area contributed by atoms with Gasteiger partial charge in [0, 0.05) is 30.4 Å². The zero-order valence-corrected chi connectivity index (χ0v) is 21.8. The molecular formula is C28H39ClN2O3. The van der Waals surface area contributed by atoms with E-state index in [9.17, 15) is 9.90 Å². The summed E-state index contributed by atoms with van der Waals surface area (Å²) in [5, 5.41) is 17.6. The lowest BCUT2D eigenvalue weighted by molar-refractivity contribution is -0.116. The molecule has 1 aromatic carbocycles. The molecule has 2 fully saturated rings. The molecule has 2 aliphatic carbocycles. The van der Waals surface area contributed by atoms with Gasteiger partial charge in [-0.15, -0.1) is 0 Å². The number of aromatic nitrogens is 1. The molecule has 0 saturated heterocycles. The minimum atomic E-state index is -0.0890. The molecule has 186 valence electrons. The highest BCUT2D eigenvalue weighted by Gasteiger charge is 2.42. The molecule has 6 heteroatoms. The molecule has 2 aliphatic rings. The summed E-state index contributed by atoms with van der Waals surface area (Å²) in [4.78, 5) is 13.0. The summed E-state index contributed by atoms with van der Waals surface area (Å²) in [7, 11) is 0. The number of rotatable bonds is 10. The van der Waals surface area contributed by atoms with Gasteiger partial charge in [-0.1, -0.05) is 43.6 Å². The lowest BCUT2D eigenvalue weighted by Gasteiger charge is -2.38. The number of carbonyl (C=O) groups is 1. The number of carbonyl (C=O) groups excluding carboxylic acids is 1. The van der Waals surface area contributed by atoms with Gasteiger partial charge in [0.2, 0.25) is 5.91 Å². The monoisotopic (exact) mass is 486 g/mol. The molecule has 0 bridgehead atoms. The SMILES string of the molecule is Cc1ccc(NC(=O)C[C@H](CCCO)c2noc(C3CC(CC(C)(C)C)C3)c2C2CC2)c(Cl)c1. The largest absolute Gasteiger partial charge is 0.396 e. The number of aliphatic hydroxyl groups is 1. The lowest BCUT2D eigenvalue weighted by Crippen LogP contribution is -2.26. The molecule has 1 amide bonds. The molecule has 0 aliphatic heterocycles. The smallest absolute Gasteiger partial charge is 0.225 e. The zero-order chi connectivity index (χ0) is 24.5. The second kappa shape index (κ2) is 10.4. The molecule has 0 radical (unpaired) electrons. The predicted octanol–water partition coefficient (Wildman–Crippen LogP) is 7.33. The van der Waals surface area contributed by atoms with E-state index in [1.165, 1.54) is 24.8 Å². The van der Waals surface area contributed by atoms with E-state index in [2.05, 4.69) is 31.2 Å². The fraction of sp³-hybridized carbons (Fsp3) is 0.643. The van der Waals surface area contributed by atoms with Crippen LogP contribution in [-0.2, 0) is 4.79 Å². The van der Waals surface area contributed by atoms with Crippen molar-refractivity contribution in [1.82, 2.24) is 5.16 Å². The Kier molecular flexibility index (Phi) is 7.73. The number of benzene rings is 1. The molecule has 1 aromatic heterocycles. The summed E-state index contributed by atoms with van der Waals surface area (Å²) < 4.78 is 6.01. The Balaban J connectivity index is 1.49. The molecule has 0 spiro atoms. The second-order valence-electron chi connectivity index (χ2n) is 11.7. The molecule has 2 aromatic rings. The summed E-state index contributed by atoms with van der Waals surface area (Å²) in [5.74, 6) is 2.61. The molecule has 2 saturated carbocycles. The Labute approximate surface area is 208 Å². The number of hydrogen-bond donors (Lipinski definition) is 2. The standard InChI is InChI=1S/C28H39ClN2O3/c1-17-7-10-23(22(29)12-17)30-24(33)15-20(6-5-11-32)26-25(19-8-9-19)27(34-31-26)21-13-18(14-21)16-28(2,3)4/h7,10,12,18-21,32H,5-6,8-9,11,13-16H2,1-4H3,(H,30,33)/t18?,20-,21?/m0/s1. The molecule has 1 atom stereocenters. The number of aryl methyl sites for hydroxylation is 1. The van der Waals surface area contributed by atoms with E-state index in [4.69, 9.17) is 16.1 Å². The first-order valence-corrected chi connectivity index (χ1v) is 13.2. The van der Waals surface area contributed by atoms with Gasteiger partial charge in [0.25, 0.3) is 0 Å². The van der Waals surface area contributed by atoms with Crippen LogP contribution in [0, 0.1) is 18.3 Å². The first-order chi connectivity index (χ1) is 16.1. The summed E-state index contributed by atoms with van der Waals surface area (Å²) in [5.41, 5.74) is 4.23. The van der Waals surface area contributed by atoms with Crippen molar-refractivity contribution in [2.75, 3.05) is 11.9 Å². The Hall–Kier alpha value is -1.85. The predicted molar refractivity (Wildman–Crippen MR) is 137 cm³/mol. The Morgan fingerprint density at radius 3 is 2.62 bits per heavy atom. The van der Waals surface area contributed by atoms with Gasteiger partial charge >= 0.3 is 0 Å². The first-order valence-electron chi connectivity index (χ1n) is 12.8. The van der Waals surface area contributed by atoms with E-state index >= 15 is 0 Å². The third kappa shape index (κ3) is 6.23. The van der Waals surface area contributed by atoms with Crippen molar-refractivity contribution < 1.29 is 14.4 Å². The average molecular weight is 487 g/mol. The van der Waals surface area contributed by atoms with Crippen LogP contribution in [-0.4, -0.2) is 22.8 Å². The molecule has 4 rings (SSSR count). The van der Waals surface area contributed by atoms with Crippen molar-refractivity contribution in [2.24, 2.45) is 11.3 Å². The minimum Gasteiger partial charge on any atom is -0.396 e. The van der Waals surface area contributed by atoms with Gasteiger partial charge in [-0.25, -0.2) is 0 Å². The third-order valence-electron chi connectivity index (χ3n) is 7.20. The highest BCUT2D eigenvalue weighted by Crippen LogP contribution is 2.53. The maximum atomic E-state index is 13.0. The average Bonchev–Trinajstić information content (AvgIpc) is 3.48. The fourth-order valence-corrected chi connectivity index (χ4v) is 5.78. The topological polar surface area (TPSA) is 75.4 Å². The van der Waals surface area contributed by atoms with E-state index < -0.39 is 0 Å². The van der Waals surface area contributed by atoms with Crippen LogP contribution in [0.5, 0.6) is 0 Å². The van der Waals surface area contributed by atoms with Crippen LogP contribution in [0.15, 0.2) is 22.7 Å². The van der Waals surface area contributed by atoms with Crippen LogP contribution in [0.4, 0.5) is 5.69 Å². The summed E-state index contributed by atoms with van der Waals surface area (Å²) >= 11 is 6.32. The van der Waals surface area contributed by atoms with Gasteiger partial charge in [-0.3, -0.25) is 4.79 Å². The number of anilines is 1. The number of nitrogens with one attached hydrogen (secondary N) is 1. The lowest BCUT2D eigenvalue weighted by atomic mass is 9.66. The number of nitrogens with zero attached hydrogens (tertiary/aromatic N) is 1. The maximum absolute atomic E-state index is 13.0. The highest BCUT2D eigenvalue weighted by molar-refractivity contribution is 6.33. The Bertz CT molecular complexity index is 1000. The molecule has 34 heavy (non-hydrogen) atoms. The molecule has 0 unspecified atom stereocenters. The minimum absolute atomic E-state index is 0.0741. The van der Waals surface area contributed by atoms with Crippen LogP contribution in [0.25, 0.3) is 0 Å². The van der Waals surface area contributed by atoms with Crippen LogP contribution >= 0.6 is 11.6 Å². The fourth-order valence-electron chi connectivity index (χ4n) is 5.50. The van der Waals surface area contributed by atoms with E-state index in [1.807, 2.05) is 25.1 Å². The van der Waals surface area contributed by atoms with E-state index in [-0.39, 0.29) is 18.4 Å². The quantitative estimate of drug-likeness (QED) is 0.368. The normalized spacial score (nSPS) is 21.2. The van der Waals surface area contributed by atoms with Gasteiger partial charge < -0.3 is 14.9 Å². The third-order valence-corrected chi connectivity index (χ3v) is 7.52. The van der Waals surface area contributed by atoms with Gasteiger partial charge in [-0.2, -0.15) is 0 Å². The summed E-state index contributed by atoms with van der Waals surface area (Å²) in [6, 6.07) is 5.62. The van der Waals surface area contributed by atoms with Gasteiger partial charge in [0.15, 0.2) is 0 Å². The van der Waals surface area contributed by atoms with Crippen LogP contribution in [0.2, 0.25) is 5.02 Å². The van der Waals surface area contributed by atoms with Crippen molar-refractivity contribution in [3.8, 4) is 0 Å². The van der Waals surface area contributed by atoms with Crippen molar-refractivity contribution >= 4 is 23.2 Å². The van der Waals surface area contributed by atoms with Crippen molar-refractivity contribution in [1.29, 1.82) is 0 Å². The van der Waals surface area contributed by atoms with Gasteiger partial charge in [0.05, 0.1) is 16.4 Å². The number of aliphatic hydroxyl groups excluding tert-OH is 1. The number of hydrogen-bond acceptors (Lipinski definition) is 4. The van der Waals surface area contributed by atoms with Crippen LogP contribution in [0.1, 0.15) is 112 Å². The number of halogens is 1. The molecular weight excluding hydrogens is 448 g/mol. The second-order valence-corrected chi connectivity index (χ2v) is 12.1. The van der Waals surface area contributed by atoms with Crippen LogP contribution in [0.3, 0.4) is 0 Å². The Morgan fingerprint density at radius 1 is 1.26 bits per heavy atom.